The van der Waals surface area contributed by atoms with Crippen LogP contribution in [0.1, 0.15) is 23.6 Å². The lowest BCUT2D eigenvalue weighted by Crippen LogP contribution is -2.35. The Hall–Kier alpha value is -2.24. The number of carbonyl (C=O) groups excluding carboxylic acids is 2. The van der Waals surface area contributed by atoms with E-state index in [4.69, 9.17) is 32.7 Å². The van der Waals surface area contributed by atoms with Crippen LogP contribution < -0.4 is 10.1 Å². The van der Waals surface area contributed by atoms with Gasteiger partial charge in [-0.1, -0.05) is 47.5 Å². The Kier molecular flexibility index (Phi) is 6.01. The van der Waals surface area contributed by atoms with Crippen LogP contribution in [0.5, 0.6) is 5.75 Å². The van der Waals surface area contributed by atoms with Crippen molar-refractivity contribution < 1.29 is 19.1 Å². The molecule has 0 saturated carbocycles. The lowest BCUT2D eigenvalue weighted by atomic mass is 10.0. The van der Waals surface area contributed by atoms with E-state index >= 15 is 0 Å². The van der Waals surface area contributed by atoms with Crippen LogP contribution in [0.25, 0.3) is 0 Å². The van der Waals surface area contributed by atoms with Crippen LogP contribution in [0.4, 0.5) is 0 Å². The standard InChI is InChI=1S/C19H17Cl2NO4/c20-14-6-5-12(9-15(14)21)10-19(24)26-11-18(23)22-16-7-8-25-17-4-2-1-3-13(16)17/h1-6,9,16H,7-8,10-11H2,(H,22,23). The van der Waals surface area contributed by atoms with Gasteiger partial charge >= 0.3 is 5.97 Å². The predicted octanol–water partition coefficient (Wildman–Crippen LogP) is 3.72. The quantitative estimate of drug-likeness (QED) is 0.786. The molecular weight excluding hydrogens is 377 g/mol. The van der Waals surface area contributed by atoms with E-state index < -0.39 is 5.97 Å². The fraction of sp³-hybridized carbons (Fsp3) is 0.263. The smallest absolute Gasteiger partial charge is 0.310 e. The Morgan fingerprint density at radius 2 is 1.96 bits per heavy atom. The second-order valence-electron chi connectivity index (χ2n) is 5.88. The zero-order chi connectivity index (χ0) is 18.5. The van der Waals surface area contributed by atoms with Crippen LogP contribution in [-0.4, -0.2) is 25.1 Å². The summed E-state index contributed by atoms with van der Waals surface area (Å²) in [6, 6.07) is 12.3. The lowest BCUT2D eigenvalue weighted by molar-refractivity contribution is -0.148. The van der Waals surface area contributed by atoms with Crippen LogP contribution in [0.3, 0.4) is 0 Å². The van der Waals surface area contributed by atoms with Crippen LogP contribution in [-0.2, 0) is 20.7 Å². The molecule has 0 saturated heterocycles. The molecule has 26 heavy (non-hydrogen) atoms. The van der Waals surface area contributed by atoms with E-state index in [1.807, 2.05) is 24.3 Å². The molecule has 1 aliphatic rings. The molecule has 136 valence electrons. The summed E-state index contributed by atoms with van der Waals surface area (Å²) in [5, 5.41) is 3.66. The average molecular weight is 394 g/mol. The Morgan fingerprint density at radius 3 is 2.77 bits per heavy atom. The summed E-state index contributed by atoms with van der Waals surface area (Å²) in [5.74, 6) is -0.0965. The second-order valence-corrected chi connectivity index (χ2v) is 6.70. The molecule has 1 aliphatic heterocycles. The van der Waals surface area contributed by atoms with Gasteiger partial charge in [-0.2, -0.15) is 0 Å². The molecule has 0 bridgehead atoms. The van der Waals surface area contributed by atoms with Gasteiger partial charge in [-0.15, -0.1) is 0 Å². The summed E-state index contributed by atoms with van der Waals surface area (Å²) in [7, 11) is 0. The number of fused-ring (bicyclic) bond motifs is 1. The van der Waals surface area contributed by atoms with Crippen molar-refractivity contribution in [2.75, 3.05) is 13.2 Å². The average Bonchev–Trinajstić information content (AvgIpc) is 2.63. The van der Waals surface area contributed by atoms with Crippen molar-refractivity contribution >= 4 is 35.1 Å². The normalized spacial score (nSPS) is 15.5. The molecular formula is C19H17Cl2NO4. The van der Waals surface area contributed by atoms with E-state index in [1.54, 1.807) is 18.2 Å². The molecule has 0 aromatic heterocycles. The Bertz CT molecular complexity index is 825. The molecule has 7 heteroatoms. The van der Waals surface area contributed by atoms with Crippen molar-refractivity contribution in [1.82, 2.24) is 5.32 Å². The zero-order valence-electron chi connectivity index (χ0n) is 13.8. The fourth-order valence-corrected chi connectivity index (χ4v) is 3.06. The Balaban J connectivity index is 1.50. The van der Waals surface area contributed by atoms with Crippen LogP contribution in [0.15, 0.2) is 42.5 Å². The molecule has 0 spiro atoms. The van der Waals surface area contributed by atoms with Gasteiger partial charge in [-0.25, -0.2) is 0 Å². The van der Waals surface area contributed by atoms with Gasteiger partial charge in [0.25, 0.3) is 5.91 Å². The first-order chi connectivity index (χ1) is 12.5. The van der Waals surface area contributed by atoms with E-state index in [0.29, 0.717) is 28.6 Å². The highest BCUT2D eigenvalue weighted by Crippen LogP contribution is 2.31. The largest absolute Gasteiger partial charge is 0.493 e. The second kappa shape index (κ2) is 8.43. The maximum atomic E-state index is 12.1. The first kappa shape index (κ1) is 18.5. The van der Waals surface area contributed by atoms with Crippen molar-refractivity contribution in [3.05, 3.63) is 63.6 Å². The van der Waals surface area contributed by atoms with Gasteiger partial charge in [0.05, 0.1) is 29.1 Å². The molecule has 3 rings (SSSR count). The van der Waals surface area contributed by atoms with Gasteiger partial charge in [0.2, 0.25) is 0 Å². The summed E-state index contributed by atoms with van der Waals surface area (Å²) in [6.45, 7) is 0.193. The number of esters is 1. The maximum Gasteiger partial charge on any atom is 0.310 e. The van der Waals surface area contributed by atoms with Crippen molar-refractivity contribution in [1.29, 1.82) is 0 Å². The van der Waals surface area contributed by atoms with Gasteiger partial charge in [0.1, 0.15) is 5.75 Å². The highest BCUT2D eigenvalue weighted by molar-refractivity contribution is 6.42. The van der Waals surface area contributed by atoms with Crippen molar-refractivity contribution in [3.8, 4) is 5.75 Å². The third-order valence-electron chi connectivity index (χ3n) is 3.99. The number of nitrogens with one attached hydrogen (secondary N) is 1. The third kappa shape index (κ3) is 4.68. The molecule has 1 heterocycles. The van der Waals surface area contributed by atoms with Gasteiger partial charge in [0, 0.05) is 12.0 Å². The van der Waals surface area contributed by atoms with E-state index in [-0.39, 0.29) is 25.0 Å². The molecule has 2 aromatic rings. The lowest BCUT2D eigenvalue weighted by Gasteiger charge is -2.26. The first-order valence-corrected chi connectivity index (χ1v) is 8.89. The zero-order valence-corrected chi connectivity index (χ0v) is 15.3. The first-order valence-electron chi connectivity index (χ1n) is 8.13. The SMILES string of the molecule is O=C(COC(=O)Cc1ccc(Cl)c(Cl)c1)NC1CCOc2ccccc21. The van der Waals surface area contributed by atoms with Crippen molar-refractivity contribution in [2.45, 2.75) is 18.9 Å². The molecule has 1 amide bonds. The van der Waals surface area contributed by atoms with Gasteiger partial charge in [-0.05, 0) is 23.8 Å². The summed E-state index contributed by atoms with van der Waals surface area (Å²) in [5.41, 5.74) is 1.59. The Labute approximate surface area is 161 Å². The van der Waals surface area contributed by atoms with E-state index in [1.165, 1.54) is 0 Å². The minimum atomic E-state index is -0.508. The van der Waals surface area contributed by atoms with Crippen LogP contribution in [0, 0.1) is 0 Å². The summed E-state index contributed by atoms with van der Waals surface area (Å²) in [4.78, 5) is 24.0. The number of ether oxygens (including phenoxy) is 2. The molecule has 0 radical (unpaired) electrons. The number of halogens is 2. The monoisotopic (exact) mass is 393 g/mol. The summed E-state index contributed by atoms with van der Waals surface area (Å²) >= 11 is 11.8. The third-order valence-corrected chi connectivity index (χ3v) is 4.73. The van der Waals surface area contributed by atoms with Crippen molar-refractivity contribution in [3.63, 3.8) is 0 Å². The van der Waals surface area contributed by atoms with Crippen LogP contribution in [0.2, 0.25) is 10.0 Å². The molecule has 1 N–H and O–H groups in total. The minimum Gasteiger partial charge on any atom is -0.493 e. The summed E-state index contributed by atoms with van der Waals surface area (Å²) < 4.78 is 10.6. The number of amides is 1. The number of rotatable bonds is 5. The molecule has 5 nitrogen and oxygen atoms in total. The molecule has 2 aromatic carbocycles. The number of hydrogen-bond acceptors (Lipinski definition) is 4. The fourth-order valence-electron chi connectivity index (χ4n) is 2.74. The molecule has 0 fully saturated rings. The summed E-state index contributed by atoms with van der Waals surface area (Å²) in [6.07, 6.45) is 0.685. The number of hydrogen-bond donors (Lipinski definition) is 1. The van der Waals surface area contributed by atoms with E-state index in [2.05, 4.69) is 5.32 Å². The predicted molar refractivity (Wildman–Crippen MR) is 98.6 cm³/mol. The number of carbonyl (C=O) groups is 2. The Morgan fingerprint density at radius 1 is 1.15 bits per heavy atom. The number of para-hydroxylation sites is 1. The van der Waals surface area contributed by atoms with E-state index in [0.717, 1.165) is 11.3 Å². The van der Waals surface area contributed by atoms with Gasteiger partial charge < -0.3 is 14.8 Å². The van der Waals surface area contributed by atoms with Gasteiger partial charge in [-0.3, -0.25) is 9.59 Å². The molecule has 1 unspecified atom stereocenters. The van der Waals surface area contributed by atoms with Crippen molar-refractivity contribution in [2.24, 2.45) is 0 Å². The highest BCUT2D eigenvalue weighted by Gasteiger charge is 2.23. The van der Waals surface area contributed by atoms with Gasteiger partial charge in [0.15, 0.2) is 6.61 Å². The topological polar surface area (TPSA) is 64.6 Å². The maximum absolute atomic E-state index is 12.1. The van der Waals surface area contributed by atoms with Crippen LogP contribution >= 0.6 is 23.2 Å². The molecule has 1 atom stereocenters. The highest BCUT2D eigenvalue weighted by atomic mass is 35.5. The number of benzene rings is 2. The minimum absolute atomic E-state index is 0.0181. The van der Waals surface area contributed by atoms with E-state index in [9.17, 15) is 9.59 Å². The molecule has 0 aliphatic carbocycles.